The predicted octanol–water partition coefficient (Wildman–Crippen LogP) is 4.59. The van der Waals surface area contributed by atoms with Crippen LogP contribution in [0.15, 0.2) is 60.1 Å². The molecule has 1 amide bonds. The highest BCUT2D eigenvalue weighted by atomic mass is 35.5. The zero-order valence-electron chi connectivity index (χ0n) is 17.6. The number of halogens is 1. The fraction of sp³-hybridized carbons (Fsp3) is 0.0952. The van der Waals surface area contributed by atoms with Crippen molar-refractivity contribution in [2.75, 3.05) is 11.6 Å². The van der Waals surface area contributed by atoms with Crippen LogP contribution in [-0.4, -0.2) is 36.2 Å². The van der Waals surface area contributed by atoms with Crippen LogP contribution < -0.4 is 5.32 Å². The van der Waals surface area contributed by atoms with Gasteiger partial charge in [0.1, 0.15) is 17.2 Å². The lowest BCUT2D eigenvalue weighted by atomic mass is 10.1. The van der Waals surface area contributed by atoms with E-state index < -0.39 is 21.9 Å². The van der Waals surface area contributed by atoms with Gasteiger partial charge in [-0.25, -0.2) is 14.2 Å². The number of aromatic nitrogens is 3. The largest absolute Gasteiger partial charge is 0.333 e. The number of hydrogen-bond donors (Lipinski definition) is 2. The van der Waals surface area contributed by atoms with E-state index in [-0.39, 0.29) is 30.4 Å². The molecular formula is C21H18ClN5O5S2. The summed E-state index contributed by atoms with van der Waals surface area (Å²) < 4.78 is 16.3. The molecule has 2 N–H and O–H groups in total. The molecule has 4 aromatic rings. The van der Waals surface area contributed by atoms with Crippen LogP contribution in [0.5, 0.6) is 0 Å². The minimum Gasteiger partial charge on any atom is -0.333 e. The summed E-state index contributed by atoms with van der Waals surface area (Å²) in [5.74, 6) is -0.0348. The average Bonchev–Trinajstić information content (AvgIpc) is 3.48. The summed E-state index contributed by atoms with van der Waals surface area (Å²) in [4.78, 5) is 35.1. The van der Waals surface area contributed by atoms with Crippen molar-refractivity contribution in [1.29, 1.82) is 0 Å². The van der Waals surface area contributed by atoms with E-state index in [1.54, 1.807) is 48.0 Å². The number of H-pyrrole nitrogens is 1. The highest BCUT2D eigenvalue weighted by Crippen LogP contribution is 2.28. The number of carbonyl (C=O) groups excluding carboxylic acids is 1. The molecule has 34 heavy (non-hydrogen) atoms. The standard InChI is InChI=1S/C21H17N5O5S2.ClH/c1-33(30)31-12-13-2-4-14(5-3-13)17-18(20(27)25-21-22-10-11-32-21)24-19(23-17)15-6-8-16(9-7-15)26(28)29;/h2-11H,12H2,1H3,(H,23,24)(H,22,25,27);1H. The predicted molar refractivity (Wildman–Crippen MR) is 132 cm³/mol. The number of nitro benzene ring substituents is 1. The fourth-order valence-corrected chi connectivity index (χ4v) is 3.80. The molecule has 176 valence electrons. The number of nitrogens with zero attached hydrogens (tertiary/aromatic N) is 3. The number of benzene rings is 2. The summed E-state index contributed by atoms with van der Waals surface area (Å²) >= 11 is -0.0885. The van der Waals surface area contributed by atoms with Gasteiger partial charge >= 0.3 is 0 Å². The number of imidazole rings is 1. The minimum atomic E-state index is -1.37. The Bertz CT molecular complexity index is 1310. The molecule has 0 saturated heterocycles. The molecule has 2 aromatic heterocycles. The van der Waals surface area contributed by atoms with Gasteiger partial charge in [-0.1, -0.05) is 24.3 Å². The quantitative estimate of drug-likeness (QED) is 0.256. The van der Waals surface area contributed by atoms with Gasteiger partial charge in [-0.05, 0) is 17.7 Å². The van der Waals surface area contributed by atoms with Gasteiger partial charge in [0.15, 0.2) is 16.2 Å². The second kappa shape index (κ2) is 11.1. The number of carbonyl (C=O) groups is 1. The molecule has 1 atom stereocenters. The molecule has 0 fully saturated rings. The molecule has 0 aliphatic heterocycles. The summed E-state index contributed by atoms with van der Waals surface area (Å²) in [7, 11) is 0. The Hall–Kier alpha value is -3.45. The van der Waals surface area contributed by atoms with Crippen molar-refractivity contribution in [3.05, 3.63) is 81.5 Å². The van der Waals surface area contributed by atoms with Gasteiger partial charge in [-0.3, -0.25) is 24.4 Å². The third-order valence-electron chi connectivity index (χ3n) is 4.55. The Morgan fingerprint density at radius 3 is 2.44 bits per heavy atom. The zero-order valence-corrected chi connectivity index (χ0v) is 20.0. The Morgan fingerprint density at radius 1 is 1.18 bits per heavy atom. The van der Waals surface area contributed by atoms with Crippen LogP contribution in [0.3, 0.4) is 0 Å². The molecule has 0 spiro atoms. The van der Waals surface area contributed by atoms with Crippen molar-refractivity contribution in [2.24, 2.45) is 0 Å². The van der Waals surface area contributed by atoms with E-state index in [0.717, 1.165) is 5.56 Å². The first kappa shape index (κ1) is 25.2. The van der Waals surface area contributed by atoms with Gasteiger partial charge in [-0.15, -0.1) is 23.7 Å². The number of thiazole rings is 1. The number of anilines is 1. The Morgan fingerprint density at radius 2 is 1.85 bits per heavy atom. The number of nitrogens with one attached hydrogen (secondary N) is 2. The first-order valence-electron chi connectivity index (χ1n) is 9.52. The highest BCUT2D eigenvalue weighted by Gasteiger charge is 2.21. The van der Waals surface area contributed by atoms with Crippen LogP contribution in [0.2, 0.25) is 0 Å². The van der Waals surface area contributed by atoms with Gasteiger partial charge in [0.2, 0.25) is 0 Å². The van der Waals surface area contributed by atoms with Crippen LogP contribution in [-0.2, 0) is 21.9 Å². The molecule has 0 radical (unpaired) electrons. The van der Waals surface area contributed by atoms with Gasteiger partial charge in [-0.2, -0.15) is 0 Å². The summed E-state index contributed by atoms with van der Waals surface area (Å²) in [6.07, 6.45) is 3.03. The van der Waals surface area contributed by atoms with Gasteiger partial charge < -0.3 is 4.98 Å². The molecule has 4 rings (SSSR count). The molecule has 0 bridgehead atoms. The van der Waals surface area contributed by atoms with Crippen LogP contribution in [0, 0.1) is 10.1 Å². The molecule has 0 aliphatic carbocycles. The van der Waals surface area contributed by atoms with E-state index in [9.17, 15) is 19.1 Å². The van der Waals surface area contributed by atoms with E-state index in [2.05, 4.69) is 20.3 Å². The van der Waals surface area contributed by atoms with Crippen molar-refractivity contribution in [3.8, 4) is 22.6 Å². The number of non-ortho nitro benzene ring substituents is 1. The number of amides is 1. The number of nitro groups is 1. The Kier molecular flexibility index (Phi) is 8.23. The van der Waals surface area contributed by atoms with E-state index in [0.29, 0.717) is 27.8 Å². The second-order valence-electron chi connectivity index (χ2n) is 6.76. The third kappa shape index (κ3) is 5.91. The van der Waals surface area contributed by atoms with Gasteiger partial charge in [0, 0.05) is 41.1 Å². The maximum absolute atomic E-state index is 13.0. The first-order chi connectivity index (χ1) is 15.9. The Labute approximate surface area is 206 Å². The number of rotatable bonds is 8. The fourth-order valence-electron chi connectivity index (χ4n) is 2.98. The zero-order chi connectivity index (χ0) is 23.4. The maximum atomic E-state index is 13.0. The SMILES string of the molecule is CS(=O)OCc1ccc(-c2nc(-c3ccc([N+](=O)[O-])cc3)[nH]c2C(=O)Nc2nccs2)cc1.Cl. The van der Waals surface area contributed by atoms with Crippen molar-refractivity contribution in [2.45, 2.75) is 6.61 Å². The highest BCUT2D eigenvalue weighted by molar-refractivity contribution is 7.79. The van der Waals surface area contributed by atoms with E-state index in [4.69, 9.17) is 4.18 Å². The number of hydrogen-bond acceptors (Lipinski definition) is 8. The van der Waals surface area contributed by atoms with Gasteiger partial charge in [0.25, 0.3) is 11.6 Å². The topological polar surface area (TPSA) is 140 Å². The first-order valence-corrected chi connectivity index (χ1v) is 11.9. The molecular weight excluding hydrogens is 502 g/mol. The normalized spacial score (nSPS) is 11.4. The van der Waals surface area contributed by atoms with Crippen molar-refractivity contribution in [3.63, 3.8) is 0 Å². The lowest BCUT2D eigenvalue weighted by Gasteiger charge is -2.05. The average molecular weight is 520 g/mol. The summed E-state index contributed by atoms with van der Waals surface area (Å²) in [6, 6.07) is 13.0. The maximum Gasteiger partial charge on any atom is 0.276 e. The smallest absolute Gasteiger partial charge is 0.276 e. The third-order valence-corrected chi connectivity index (χ3v) is 5.69. The summed E-state index contributed by atoms with van der Waals surface area (Å²) in [5, 5.41) is 15.9. The van der Waals surface area contributed by atoms with Crippen molar-refractivity contribution >= 4 is 51.6 Å². The van der Waals surface area contributed by atoms with Crippen LogP contribution >= 0.6 is 23.7 Å². The summed E-state index contributed by atoms with van der Waals surface area (Å²) in [5.41, 5.74) is 2.66. The van der Waals surface area contributed by atoms with E-state index >= 15 is 0 Å². The van der Waals surface area contributed by atoms with Crippen LogP contribution in [0.1, 0.15) is 16.1 Å². The molecule has 2 aromatic carbocycles. The van der Waals surface area contributed by atoms with Gasteiger partial charge in [0.05, 0.1) is 11.5 Å². The molecule has 0 aliphatic rings. The van der Waals surface area contributed by atoms with Crippen molar-refractivity contribution < 1.29 is 18.1 Å². The molecule has 0 saturated carbocycles. The lowest BCUT2D eigenvalue weighted by molar-refractivity contribution is -0.384. The second-order valence-corrected chi connectivity index (χ2v) is 8.70. The van der Waals surface area contributed by atoms with Crippen molar-refractivity contribution in [1.82, 2.24) is 15.0 Å². The molecule has 2 heterocycles. The molecule has 10 nitrogen and oxygen atoms in total. The molecule has 1 unspecified atom stereocenters. The molecule has 13 heteroatoms. The summed E-state index contributed by atoms with van der Waals surface area (Å²) in [6.45, 7) is 0.190. The Balaban J connectivity index is 0.00000324. The number of aromatic amines is 1. The minimum absolute atomic E-state index is 0. The lowest BCUT2D eigenvalue weighted by Crippen LogP contribution is -2.13. The van der Waals surface area contributed by atoms with E-state index in [1.807, 2.05) is 0 Å². The van der Waals surface area contributed by atoms with E-state index in [1.165, 1.54) is 29.7 Å². The van der Waals surface area contributed by atoms with Crippen LogP contribution in [0.25, 0.3) is 22.6 Å². The van der Waals surface area contributed by atoms with Crippen LogP contribution in [0.4, 0.5) is 10.8 Å². The monoisotopic (exact) mass is 519 g/mol.